The quantitative estimate of drug-likeness (QED) is 0.418. The summed E-state index contributed by atoms with van der Waals surface area (Å²) in [7, 11) is -3.76. The molecular weight excluding hydrogens is 560 g/mol. The number of hydrogen-bond acceptors (Lipinski definition) is 5. The van der Waals surface area contributed by atoms with Crippen molar-refractivity contribution in [2.24, 2.45) is 10.8 Å². The second kappa shape index (κ2) is 12.9. The first-order valence-electron chi connectivity index (χ1n) is 15.8. The Hall–Kier alpha value is -1.68. The summed E-state index contributed by atoms with van der Waals surface area (Å²) < 4.78 is 28.8. The van der Waals surface area contributed by atoms with Crippen molar-refractivity contribution in [3.8, 4) is 0 Å². The number of piperidine rings is 2. The predicted molar refractivity (Wildman–Crippen MR) is 161 cm³/mol. The minimum atomic E-state index is -3.76. The molecule has 0 unspecified atom stereocenters. The maximum atomic E-state index is 14.5. The van der Waals surface area contributed by atoms with Crippen LogP contribution in [-0.2, 0) is 19.6 Å². The van der Waals surface area contributed by atoms with E-state index in [1.54, 1.807) is 25.1 Å². The Kier molecular flexibility index (Phi) is 9.68. The number of benzene rings is 1. The lowest BCUT2D eigenvalue weighted by molar-refractivity contribution is -0.161. The second-order valence-corrected chi connectivity index (χ2v) is 15.2. The third-order valence-corrected chi connectivity index (χ3v) is 12.8. The van der Waals surface area contributed by atoms with Crippen molar-refractivity contribution >= 4 is 33.4 Å². The Balaban J connectivity index is 1.38. The molecule has 2 saturated heterocycles. The SMILES string of the molecule is Cc1c(Cl)cccc1S(=O)(=O)N1CCC[C@@H](NC(=O)C2(C3(C(=O)N[C@@H]4CCCNC4)CCCCC3)CCCCC2)C1. The highest BCUT2D eigenvalue weighted by molar-refractivity contribution is 7.89. The first-order chi connectivity index (χ1) is 19.7. The van der Waals surface area contributed by atoms with Gasteiger partial charge in [0.25, 0.3) is 0 Å². The standard InChI is InChI=1S/C31H47ClN4O4S/c1-23-26(32)13-8-14-27(23)41(39,40)36-20-10-12-25(22-36)35-29(38)31(17-6-3-7-18-31)30(15-4-2-5-16-30)28(37)34-24-11-9-19-33-21-24/h8,13-14,24-25,33H,2-7,9-12,15-22H2,1H3,(H,34,37)(H,35,38)/t24-,25-/m1/s1. The van der Waals surface area contributed by atoms with E-state index < -0.39 is 20.9 Å². The van der Waals surface area contributed by atoms with Crippen molar-refractivity contribution in [1.82, 2.24) is 20.3 Å². The molecule has 3 N–H and O–H groups in total. The molecule has 2 saturated carbocycles. The van der Waals surface area contributed by atoms with Gasteiger partial charge in [0, 0.05) is 36.7 Å². The molecule has 5 rings (SSSR count). The lowest BCUT2D eigenvalue weighted by Crippen LogP contribution is -2.63. The van der Waals surface area contributed by atoms with E-state index in [4.69, 9.17) is 11.6 Å². The topological polar surface area (TPSA) is 108 Å². The average Bonchev–Trinajstić information content (AvgIpc) is 2.99. The number of carbonyl (C=O) groups excluding carboxylic acids is 2. The van der Waals surface area contributed by atoms with Gasteiger partial charge in [0.05, 0.1) is 15.7 Å². The van der Waals surface area contributed by atoms with Crippen molar-refractivity contribution < 1.29 is 18.0 Å². The number of carbonyl (C=O) groups is 2. The number of rotatable bonds is 7. The molecule has 2 aliphatic heterocycles. The summed E-state index contributed by atoms with van der Waals surface area (Å²) in [6, 6.07) is 4.77. The fraction of sp³-hybridized carbons (Fsp3) is 0.742. The van der Waals surface area contributed by atoms with Crippen molar-refractivity contribution in [3.05, 3.63) is 28.8 Å². The van der Waals surface area contributed by atoms with E-state index in [1.165, 1.54) is 4.31 Å². The van der Waals surface area contributed by atoms with Gasteiger partial charge in [0.1, 0.15) is 0 Å². The van der Waals surface area contributed by atoms with Crippen molar-refractivity contribution in [3.63, 3.8) is 0 Å². The smallest absolute Gasteiger partial charge is 0.243 e. The fourth-order valence-corrected chi connectivity index (χ4v) is 10.1. The van der Waals surface area contributed by atoms with Crippen LogP contribution in [0.3, 0.4) is 0 Å². The van der Waals surface area contributed by atoms with Crippen molar-refractivity contribution in [1.29, 1.82) is 0 Å². The van der Waals surface area contributed by atoms with E-state index in [0.29, 0.717) is 36.4 Å². The van der Waals surface area contributed by atoms with E-state index in [-0.39, 0.29) is 35.3 Å². The Morgan fingerprint density at radius 1 is 0.878 bits per heavy atom. The van der Waals surface area contributed by atoms with Gasteiger partial charge in [-0.25, -0.2) is 8.42 Å². The molecule has 2 atom stereocenters. The van der Waals surface area contributed by atoms with Gasteiger partial charge in [-0.15, -0.1) is 0 Å². The minimum absolute atomic E-state index is 0.0424. The molecule has 41 heavy (non-hydrogen) atoms. The summed E-state index contributed by atoms with van der Waals surface area (Å²) in [5.74, 6) is 0.0198. The van der Waals surface area contributed by atoms with Gasteiger partial charge in [-0.2, -0.15) is 4.31 Å². The van der Waals surface area contributed by atoms with Crippen LogP contribution in [0.1, 0.15) is 95.5 Å². The molecule has 0 radical (unpaired) electrons. The number of nitrogens with one attached hydrogen (secondary N) is 3. The zero-order valence-corrected chi connectivity index (χ0v) is 26.1. The molecule has 10 heteroatoms. The molecule has 0 bridgehead atoms. The Morgan fingerprint density at radius 2 is 1.46 bits per heavy atom. The lowest BCUT2D eigenvalue weighted by atomic mass is 9.51. The fourth-order valence-electron chi connectivity index (χ4n) is 8.06. The summed E-state index contributed by atoms with van der Waals surface area (Å²) in [5.41, 5.74) is -0.937. The van der Waals surface area contributed by atoms with Crippen LogP contribution in [0.2, 0.25) is 5.02 Å². The molecule has 2 amide bonds. The summed E-state index contributed by atoms with van der Waals surface area (Å²) in [6.07, 6.45) is 12.3. The first-order valence-corrected chi connectivity index (χ1v) is 17.6. The summed E-state index contributed by atoms with van der Waals surface area (Å²) in [6.45, 7) is 4.12. The number of halogens is 1. The molecule has 2 heterocycles. The highest BCUT2D eigenvalue weighted by Gasteiger charge is 2.60. The van der Waals surface area contributed by atoms with Crippen molar-refractivity contribution in [2.75, 3.05) is 26.2 Å². The maximum absolute atomic E-state index is 14.5. The summed E-state index contributed by atoms with van der Waals surface area (Å²) in [5, 5.41) is 10.5. The molecule has 8 nitrogen and oxygen atoms in total. The van der Waals surface area contributed by atoms with Crippen LogP contribution in [0, 0.1) is 17.8 Å². The molecule has 4 fully saturated rings. The van der Waals surface area contributed by atoms with Gasteiger partial charge in [-0.3, -0.25) is 9.59 Å². The summed E-state index contributed by atoms with van der Waals surface area (Å²) >= 11 is 6.26. The normalized spacial score (nSPS) is 27.1. The highest BCUT2D eigenvalue weighted by atomic mass is 35.5. The van der Waals surface area contributed by atoms with Crippen LogP contribution in [0.4, 0.5) is 0 Å². The van der Waals surface area contributed by atoms with Gasteiger partial charge in [0.2, 0.25) is 21.8 Å². The van der Waals surface area contributed by atoms with Gasteiger partial charge >= 0.3 is 0 Å². The van der Waals surface area contributed by atoms with E-state index >= 15 is 0 Å². The van der Waals surface area contributed by atoms with Crippen LogP contribution in [-0.4, -0.2) is 62.8 Å². The van der Waals surface area contributed by atoms with E-state index in [1.807, 2.05) is 0 Å². The third kappa shape index (κ3) is 6.06. The van der Waals surface area contributed by atoms with Crippen LogP contribution >= 0.6 is 11.6 Å². The Labute approximate surface area is 250 Å². The summed E-state index contributed by atoms with van der Waals surface area (Å²) in [4.78, 5) is 29.0. The molecule has 0 spiro atoms. The van der Waals surface area contributed by atoms with E-state index in [9.17, 15) is 18.0 Å². The van der Waals surface area contributed by atoms with Crippen LogP contribution < -0.4 is 16.0 Å². The largest absolute Gasteiger partial charge is 0.352 e. The molecule has 1 aromatic rings. The van der Waals surface area contributed by atoms with E-state index in [0.717, 1.165) is 83.7 Å². The van der Waals surface area contributed by atoms with Crippen LogP contribution in [0.15, 0.2) is 23.1 Å². The minimum Gasteiger partial charge on any atom is -0.352 e. The zero-order valence-electron chi connectivity index (χ0n) is 24.5. The number of nitrogens with zero attached hydrogens (tertiary/aromatic N) is 1. The monoisotopic (exact) mass is 606 g/mol. The predicted octanol–water partition coefficient (Wildman–Crippen LogP) is 4.69. The average molecular weight is 607 g/mol. The lowest BCUT2D eigenvalue weighted by Gasteiger charge is -2.53. The number of amides is 2. The second-order valence-electron chi connectivity index (χ2n) is 12.8. The van der Waals surface area contributed by atoms with Gasteiger partial charge in [-0.1, -0.05) is 56.2 Å². The van der Waals surface area contributed by atoms with Crippen molar-refractivity contribution in [2.45, 2.75) is 114 Å². The first kappa shape index (κ1) is 30.8. The van der Waals surface area contributed by atoms with Crippen LogP contribution in [0.25, 0.3) is 0 Å². The molecule has 2 aliphatic carbocycles. The van der Waals surface area contributed by atoms with Crippen LogP contribution in [0.5, 0.6) is 0 Å². The molecule has 4 aliphatic rings. The van der Waals surface area contributed by atoms with E-state index in [2.05, 4.69) is 16.0 Å². The number of sulfonamides is 1. The van der Waals surface area contributed by atoms with Gasteiger partial charge < -0.3 is 16.0 Å². The maximum Gasteiger partial charge on any atom is 0.243 e. The Bertz CT molecular complexity index is 1200. The molecule has 0 aromatic heterocycles. The third-order valence-electron chi connectivity index (χ3n) is 10.4. The molecule has 1 aromatic carbocycles. The zero-order chi connectivity index (χ0) is 29.1. The molecule has 228 valence electrons. The molecular formula is C31H47ClN4O4S. The highest BCUT2D eigenvalue weighted by Crippen LogP contribution is 2.57. The number of hydrogen-bond donors (Lipinski definition) is 3. The Morgan fingerprint density at radius 3 is 2.05 bits per heavy atom. The van der Waals surface area contributed by atoms with Gasteiger partial charge in [0.15, 0.2) is 0 Å². The van der Waals surface area contributed by atoms with Gasteiger partial charge in [-0.05, 0) is 82.5 Å².